The van der Waals surface area contributed by atoms with E-state index < -0.39 is 60.7 Å². The summed E-state index contributed by atoms with van der Waals surface area (Å²) in [4.78, 5) is 62.8. The Kier molecular flexibility index (Phi) is 9.24. The zero-order chi connectivity index (χ0) is 24.5. The van der Waals surface area contributed by atoms with Gasteiger partial charge in [0.05, 0.1) is 13.0 Å². The molecule has 3 unspecified atom stereocenters. The van der Waals surface area contributed by atoms with Crippen LogP contribution in [-0.2, 0) is 30.4 Å². The highest BCUT2D eigenvalue weighted by Gasteiger charge is 2.30. The second-order valence-electron chi connectivity index (χ2n) is 7.20. The number of carboxylic acids is 1. The lowest BCUT2D eigenvalue weighted by Gasteiger charge is -2.23. The van der Waals surface area contributed by atoms with Crippen molar-refractivity contribution in [2.24, 2.45) is 11.5 Å². The predicted octanol–water partition coefficient (Wildman–Crippen LogP) is -1.99. The monoisotopic (exact) mass is 478 g/mol. The molecule has 0 aliphatic carbocycles. The molecular formula is C20H26N6O6S. The van der Waals surface area contributed by atoms with Crippen LogP contribution in [0.3, 0.4) is 0 Å². The number of hydrogen-bond donors (Lipinski definition) is 8. The lowest BCUT2D eigenvalue weighted by molar-refractivity contribution is -0.142. The zero-order valence-corrected chi connectivity index (χ0v) is 18.4. The van der Waals surface area contributed by atoms with Gasteiger partial charge >= 0.3 is 5.97 Å². The maximum Gasteiger partial charge on any atom is 0.326 e. The molecule has 0 saturated heterocycles. The Bertz CT molecular complexity index is 1040. The first-order valence-corrected chi connectivity index (χ1v) is 10.6. The van der Waals surface area contributed by atoms with Gasteiger partial charge in [-0.1, -0.05) is 18.2 Å². The summed E-state index contributed by atoms with van der Waals surface area (Å²) in [5.74, 6) is -4.66. The molecule has 13 heteroatoms. The Balaban J connectivity index is 2.09. The third-order valence-electron chi connectivity index (χ3n) is 4.77. The standard InChI is InChI=1S/C20H26N6O6S/c21-7-17(28)24-13(6-16(22)27)18(29)26-15(9-33)19(30)25-14(20(31)32)5-10-8-23-12-4-2-1-3-11(10)12/h1-4,8,13-15,23,33H,5-7,9,21H2,(H2,22,27)(H,24,28)(H,25,30)(H,26,29)(H,31,32). The summed E-state index contributed by atoms with van der Waals surface area (Å²) in [5, 5.41) is 17.4. The van der Waals surface area contributed by atoms with Crippen LogP contribution in [0.4, 0.5) is 0 Å². The molecule has 4 amide bonds. The number of carboxylic acid groups (broad SMARTS) is 1. The van der Waals surface area contributed by atoms with Crippen molar-refractivity contribution in [2.75, 3.05) is 12.3 Å². The number of para-hydroxylation sites is 1. The third-order valence-corrected chi connectivity index (χ3v) is 5.14. The van der Waals surface area contributed by atoms with Crippen molar-refractivity contribution in [1.82, 2.24) is 20.9 Å². The molecule has 0 spiro atoms. The van der Waals surface area contributed by atoms with Crippen LogP contribution in [-0.4, -0.2) is 70.1 Å². The van der Waals surface area contributed by atoms with Crippen molar-refractivity contribution < 1.29 is 29.1 Å². The van der Waals surface area contributed by atoms with Crippen molar-refractivity contribution in [3.63, 3.8) is 0 Å². The molecule has 1 aromatic heterocycles. The van der Waals surface area contributed by atoms with E-state index >= 15 is 0 Å². The number of aromatic nitrogens is 1. The quantitative estimate of drug-likeness (QED) is 0.161. The minimum Gasteiger partial charge on any atom is -0.480 e. The van der Waals surface area contributed by atoms with Crippen LogP contribution in [0.5, 0.6) is 0 Å². The number of carbonyl (C=O) groups excluding carboxylic acids is 4. The van der Waals surface area contributed by atoms with E-state index in [1.165, 1.54) is 0 Å². The highest BCUT2D eigenvalue weighted by Crippen LogP contribution is 2.19. The van der Waals surface area contributed by atoms with E-state index in [4.69, 9.17) is 11.5 Å². The van der Waals surface area contributed by atoms with Crippen LogP contribution >= 0.6 is 12.6 Å². The van der Waals surface area contributed by atoms with Crippen molar-refractivity contribution in [1.29, 1.82) is 0 Å². The lowest BCUT2D eigenvalue weighted by Crippen LogP contribution is -2.57. The summed E-state index contributed by atoms with van der Waals surface area (Å²) < 4.78 is 0. The van der Waals surface area contributed by atoms with Crippen LogP contribution in [0.2, 0.25) is 0 Å². The fraction of sp³-hybridized carbons (Fsp3) is 0.350. The molecule has 1 aromatic carbocycles. The fourth-order valence-corrected chi connectivity index (χ4v) is 3.38. The SMILES string of the molecule is NCC(=O)NC(CC(N)=O)C(=O)NC(CS)C(=O)NC(Cc1c[nH]c2ccccc12)C(=O)O. The number of nitrogens with one attached hydrogen (secondary N) is 4. The zero-order valence-electron chi connectivity index (χ0n) is 17.5. The number of nitrogens with two attached hydrogens (primary N) is 2. The molecule has 0 aliphatic rings. The average Bonchev–Trinajstić information content (AvgIpc) is 3.18. The average molecular weight is 479 g/mol. The second kappa shape index (κ2) is 11.9. The van der Waals surface area contributed by atoms with E-state index in [1.807, 2.05) is 24.3 Å². The van der Waals surface area contributed by atoms with Gasteiger partial charge in [0, 0.05) is 29.3 Å². The maximum atomic E-state index is 12.7. The molecule has 0 saturated carbocycles. The molecule has 0 bridgehead atoms. The Hall–Kier alpha value is -3.58. The molecule has 0 aliphatic heterocycles. The fourth-order valence-electron chi connectivity index (χ4n) is 3.12. The van der Waals surface area contributed by atoms with E-state index in [1.54, 1.807) is 6.20 Å². The minimum absolute atomic E-state index is 0.00478. The van der Waals surface area contributed by atoms with Crippen molar-refractivity contribution in [3.8, 4) is 0 Å². The number of thiol groups is 1. The lowest BCUT2D eigenvalue weighted by atomic mass is 10.0. The number of amides is 4. The summed E-state index contributed by atoms with van der Waals surface area (Å²) in [6, 6.07) is 3.44. The number of rotatable bonds is 12. The van der Waals surface area contributed by atoms with Crippen LogP contribution in [0, 0.1) is 0 Å². The number of aliphatic carboxylic acids is 1. The van der Waals surface area contributed by atoms with Gasteiger partial charge in [0.15, 0.2) is 0 Å². The molecule has 2 rings (SSSR count). The van der Waals surface area contributed by atoms with Gasteiger partial charge < -0.3 is 37.5 Å². The number of benzene rings is 1. The Morgan fingerprint density at radius 2 is 1.64 bits per heavy atom. The molecule has 2 aromatic rings. The first-order valence-electron chi connectivity index (χ1n) is 9.93. The molecule has 12 nitrogen and oxygen atoms in total. The van der Waals surface area contributed by atoms with E-state index in [-0.39, 0.29) is 12.2 Å². The van der Waals surface area contributed by atoms with Crippen molar-refractivity contribution in [3.05, 3.63) is 36.0 Å². The highest BCUT2D eigenvalue weighted by molar-refractivity contribution is 7.80. The van der Waals surface area contributed by atoms with Gasteiger partial charge in [-0.3, -0.25) is 19.2 Å². The van der Waals surface area contributed by atoms with E-state index in [0.717, 1.165) is 10.9 Å². The molecule has 0 radical (unpaired) electrons. The van der Waals surface area contributed by atoms with Gasteiger partial charge in [-0.05, 0) is 11.6 Å². The van der Waals surface area contributed by atoms with Gasteiger partial charge in [0.2, 0.25) is 23.6 Å². The summed E-state index contributed by atoms with van der Waals surface area (Å²) in [5.41, 5.74) is 11.8. The highest BCUT2D eigenvalue weighted by atomic mass is 32.1. The molecule has 178 valence electrons. The largest absolute Gasteiger partial charge is 0.480 e. The topological polar surface area (TPSA) is 209 Å². The molecule has 9 N–H and O–H groups in total. The van der Waals surface area contributed by atoms with Crippen LogP contribution < -0.4 is 27.4 Å². The molecule has 1 heterocycles. The van der Waals surface area contributed by atoms with Gasteiger partial charge in [-0.25, -0.2) is 4.79 Å². The summed E-state index contributed by atoms with van der Waals surface area (Å²) in [7, 11) is 0. The van der Waals surface area contributed by atoms with Gasteiger partial charge in [0.1, 0.15) is 18.1 Å². The van der Waals surface area contributed by atoms with Crippen LogP contribution in [0.25, 0.3) is 10.9 Å². The normalized spacial score (nSPS) is 13.5. The number of carbonyl (C=O) groups is 5. The number of hydrogen-bond acceptors (Lipinski definition) is 7. The first-order chi connectivity index (χ1) is 15.7. The van der Waals surface area contributed by atoms with Gasteiger partial charge in [-0.2, -0.15) is 12.6 Å². The molecule has 0 fully saturated rings. The predicted molar refractivity (Wildman–Crippen MR) is 122 cm³/mol. The Labute approximate surface area is 194 Å². The van der Waals surface area contributed by atoms with Gasteiger partial charge in [0.25, 0.3) is 0 Å². The van der Waals surface area contributed by atoms with E-state index in [9.17, 15) is 29.1 Å². The van der Waals surface area contributed by atoms with E-state index in [2.05, 4.69) is 33.6 Å². The number of primary amides is 1. The number of H-pyrrole nitrogens is 1. The number of aromatic amines is 1. The van der Waals surface area contributed by atoms with Crippen LogP contribution in [0.1, 0.15) is 12.0 Å². The van der Waals surface area contributed by atoms with Crippen molar-refractivity contribution >= 4 is 53.1 Å². The van der Waals surface area contributed by atoms with Gasteiger partial charge in [-0.15, -0.1) is 0 Å². The minimum atomic E-state index is -1.35. The smallest absolute Gasteiger partial charge is 0.326 e. The second-order valence-corrected chi connectivity index (χ2v) is 7.57. The summed E-state index contributed by atoms with van der Waals surface area (Å²) >= 11 is 4.04. The molecule has 33 heavy (non-hydrogen) atoms. The third kappa shape index (κ3) is 7.22. The Morgan fingerprint density at radius 1 is 1.00 bits per heavy atom. The number of fused-ring (bicyclic) bond motifs is 1. The first kappa shape index (κ1) is 25.7. The Morgan fingerprint density at radius 3 is 2.24 bits per heavy atom. The molecule has 3 atom stereocenters. The van der Waals surface area contributed by atoms with Crippen LogP contribution in [0.15, 0.2) is 30.5 Å². The summed E-state index contributed by atoms with van der Waals surface area (Å²) in [6.07, 6.45) is 1.14. The van der Waals surface area contributed by atoms with Crippen molar-refractivity contribution in [2.45, 2.75) is 31.0 Å². The summed E-state index contributed by atoms with van der Waals surface area (Å²) in [6.45, 7) is -0.423. The maximum absolute atomic E-state index is 12.7. The molecular weight excluding hydrogens is 452 g/mol. The van der Waals surface area contributed by atoms with E-state index in [0.29, 0.717) is 5.56 Å².